The van der Waals surface area contributed by atoms with Crippen LogP contribution in [0.15, 0.2) is 30.3 Å². The van der Waals surface area contributed by atoms with Gasteiger partial charge in [-0.15, -0.1) is 0 Å². The second-order valence-corrected chi connectivity index (χ2v) is 5.01. The fourth-order valence-electron chi connectivity index (χ4n) is 2.63. The number of ether oxygens (including phenoxy) is 4. The van der Waals surface area contributed by atoms with Gasteiger partial charge in [0, 0.05) is 12.7 Å². The Morgan fingerprint density at radius 3 is 2.33 bits per heavy atom. The van der Waals surface area contributed by atoms with E-state index in [0.29, 0.717) is 12.2 Å². The number of hydrogen-bond acceptors (Lipinski definition) is 6. The summed E-state index contributed by atoms with van der Waals surface area (Å²) in [7, 11) is 1.58. The molecule has 0 saturated carbocycles. The van der Waals surface area contributed by atoms with Crippen molar-refractivity contribution in [3.05, 3.63) is 35.9 Å². The van der Waals surface area contributed by atoms with Gasteiger partial charge >= 0.3 is 5.97 Å². The Bertz CT molecular complexity index is 528. The van der Waals surface area contributed by atoms with E-state index < -0.39 is 17.9 Å². The molecule has 2 heterocycles. The first-order valence-electron chi connectivity index (χ1n) is 6.77. The molecule has 1 aromatic carbocycles. The third kappa shape index (κ3) is 2.70. The molecule has 0 aromatic heterocycles. The van der Waals surface area contributed by atoms with E-state index in [2.05, 4.69) is 0 Å². The Morgan fingerprint density at radius 1 is 1.05 bits per heavy atom. The molecule has 2 fully saturated rings. The largest absolute Gasteiger partial charge is 0.451 e. The monoisotopic (exact) mass is 292 g/mol. The molecule has 2 aliphatic rings. The van der Waals surface area contributed by atoms with Crippen molar-refractivity contribution in [2.45, 2.75) is 24.4 Å². The zero-order valence-electron chi connectivity index (χ0n) is 11.6. The van der Waals surface area contributed by atoms with Crippen molar-refractivity contribution in [3.63, 3.8) is 0 Å². The van der Waals surface area contributed by atoms with Crippen LogP contribution in [0.4, 0.5) is 0 Å². The van der Waals surface area contributed by atoms with Crippen LogP contribution in [0.2, 0.25) is 0 Å². The number of fused-ring (bicyclic) bond motifs is 1. The summed E-state index contributed by atoms with van der Waals surface area (Å²) in [5.74, 6) is -1.56. The molecular formula is C15H16O6. The smallest absolute Gasteiger partial charge is 0.380 e. The van der Waals surface area contributed by atoms with Crippen molar-refractivity contribution < 1.29 is 28.5 Å². The lowest BCUT2D eigenvalue weighted by atomic mass is 10.1. The first-order chi connectivity index (χ1) is 10.2. The number of esters is 1. The molecule has 1 aromatic rings. The van der Waals surface area contributed by atoms with Crippen molar-refractivity contribution in [2.75, 3.05) is 20.3 Å². The van der Waals surface area contributed by atoms with Crippen LogP contribution in [-0.4, -0.2) is 56.5 Å². The lowest BCUT2D eigenvalue weighted by Crippen LogP contribution is -2.36. The average Bonchev–Trinajstić information content (AvgIpc) is 3.10. The summed E-state index contributed by atoms with van der Waals surface area (Å²) in [4.78, 5) is 23.9. The number of hydrogen-bond donors (Lipinski definition) is 0. The molecule has 0 aliphatic carbocycles. The minimum atomic E-state index is -0.889. The topological polar surface area (TPSA) is 71.1 Å². The molecule has 2 unspecified atom stereocenters. The Balaban J connectivity index is 1.62. The van der Waals surface area contributed by atoms with E-state index in [9.17, 15) is 9.59 Å². The van der Waals surface area contributed by atoms with E-state index in [1.54, 1.807) is 37.4 Å². The number of carbonyl (C=O) groups is 2. The Kier molecular flexibility index (Phi) is 4.01. The van der Waals surface area contributed by atoms with Gasteiger partial charge in [-0.1, -0.05) is 30.3 Å². The van der Waals surface area contributed by atoms with Gasteiger partial charge in [-0.2, -0.15) is 0 Å². The molecule has 2 aliphatic heterocycles. The zero-order valence-corrected chi connectivity index (χ0v) is 11.6. The highest BCUT2D eigenvalue weighted by molar-refractivity contribution is 6.40. The fourth-order valence-corrected chi connectivity index (χ4v) is 2.63. The average molecular weight is 292 g/mol. The molecule has 0 spiro atoms. The quantitative estimate of drug-likeness (QED) is 0.459. The van der Waals surface area contributed by atoms with Crippen LogP contribution in [0, 0.1) is 0 Å². The van der Waals surface area contributed by atoms with Gasteiger partial charge in [0.1, 0.15) is 18.3 Å². The molecule has 4 atom stereocenters. The van der Waals surface area contributed by atoms with E-state index in [0.717, 1.165) is 0 Å². The van der Waals surface area contributed by atoms with Crippen molar-refractivity contribution in [2.24, 2.45) is 0 Å². The number of methoxy groups -OCH3 is 1. The molecule has 6 nitrogen and oxygen atoms in total. The number of rotatable bonds is 4. The molecule has 0 bridgehead atoms. The summed E-state index contributed by atoms with van der Waals surface area (Å²) in [6.07, 6.45) is -1.36. The minimum Gasteiger partial charge on any atom is -0.451 e. The predicted octanol–water partition coefficient (Wildman–Crippen LogP) is 0.594. The van der Waals surface area contributed by atoms with Gasteiger partial charge < -0.3 is 18.9 Å². The summed E-state index contributed by atoms with van der Waals surface area (Å²) in [5.41, 5.74) is 0.306. The lowest BCUT2D eigenvalue weighted by Gasteiger charge is -2.16. The van der Waals surface area contributed by atoms with E-state index in [1.807, 2.05) is 0 Å². The molecule has 6 heteroatoms. The van der Waals surface area contributed by atoms with Gasteiger partial charge in [0.25, 0.3) is 5.78 Å². The van der Waals surface area contributed by atoms with Crippen LogP contribution < -0.4 is 0 Å². The van der Waals surface area contributed by atoms with Crippen molar-refractivity contribution in [1.29, 1.82) is 0 Å². The van der Waals surface area contributed by atoms with Crippen molar-refractivity contribution >= 4 is 11.8 Å². The van der Waals surface area contributed by atoms with Gasteiger partial charge in [-0.3, -0.25) is 4.79 Å². The summed E-state index contributed by atoms with van der Waals surface area (Å²) >= 11 is 0. The van der Waals surface area contributed by atoms with Gasteiger partial charge in [0.2, 0.25) is 0 Å². The maximum absolute atomic E-state index is 12.0. The zero-order chi connectivity index (χ0) is 14.8. The normalized spacial score (nSPS) is 30.9. The Hall–Kier alpha value is -1.76. The highest BCUT2D eigenvalue weighted by atomic mass is 16.7. The summed E-state index contributed by atoms with van der Waals surface area (Å²) in [5, 5.41) is 0. The van der Waals surface area contributed by atoms with Crippen LogP contribution in [0.1, 0.15) is 10.4 Å². The molecular weight excluding hydrogens is 276 g/mol. The van der Waals surface area contributed by atoms with E-state index in [1.165, 1.54) is 0 Å². The molecule has 0 radical (unpaired) electrons. The Morgan fingerprint density at radius 2 is 1.67 bits per heavy atom. The maximum atomic E-state index is 12.0. The number of benzene rings is 1. The van der Waals surface area contributed by atoms with E-state index in [-0.39, 0.29) is 24.9 Å². The highest BCUT2D eigenvalue weighted by Crippen LogP contribution is 2.30. The summed E-state index contributed by atoms with van der Waals surface area (Å²) < 4.78 is 21.6. The number of carbonyl (C=O) groups excluding carboxylic acids is 2. The molecule has 112 valence electrons. The molecule has 0 amide bonds. The van der Waals surface area contributed by atoms with Gasteiger partial charge in [0.15, 0.2) is 6.10 Å². The lowest BCUT2D eigenvalue weighted by molar-refractivity contribution is -0.147. The molecule has 0 N–H and O–H groups in total. The maximum Gasteiger partial charge on any atom is 0.380 e. The van der Waals surface area contributed by atoms with Crippen LogP contribution >= 0.6 is 0 Å². The van der Waals surface area contributed by atoms with E-state index >= 15 is 0 Å². The van der Waals surface area contributed by atoms with Crippen LogP contribution in [0.25, 0.3) is 0 Å². The predicted molar refractivity (Wildman–Crippen MR) is 70.9 cm³/mol. The molecule has 2 saturated heterocycles. The first-order valence-corrected chi connectivity index (χ1v) is 6.77. The van der Waals surface area contributed by atoms with Gasteiger partial charge in [-0.05, 0) is 0 Å². The third-order valence-corrected chi connectivity index (χ3v) is 3.75. The summed E-state index contributed by atoms with van der Waals surface area (Å²) in [6.45, 7) is 0.607. The standard InChI is InChI=1S/C15H16O6/c1-18-10-7-19-14-11(8-20-13(10)14)21-15(17)12(16)9-5-3-2-4-6-9/h2-6,10-11,13-14H,7-8H2,1H3/t10-,11-,13?,14?/m1/s1. The van der Waals surface area contributed by atoms with Gasteiger partial charge in [-0.25, -0.2) is 4.79 Å². The fraction of sp³-hybridized carbons (Fsp3) is 0.467. The van der Waals surface area contributed by atoms with Crippen LogP contribution in [0.5, 0.6) is 0 Å². The number of Topliss-reactive ketones (excluding diaryl/α,β-unsaturated/α-hetero) is 1. The second kappa shape index (κ2) is 5.93. The molecule has 21 heavy (non-hydrogen) atoms. The van der Waals surface area contributed by atoms with Crippen LogP contribution in [0.3, 0.4) is 0 Å². The second-order valence-electron chi connectivity index (χ2n) is 5.01. The highest BCUT2D eigenvalue weighted by Gasteiger charge is 2.50. The summed E-state index contributed by atoms with van der Waals surface area (Å²) in [6, 6.07) is 8.31. The Labute approximate surface area is 121 Å². The SMILES string of the molecule is CO[C@@H]1COC2C1OC[C@H]2OC(=O)C(=O)c1ccccc1. The van der Waals surface area contributed by atoms with Crippen molar-refractivity contribution in [1.82, 2.24) is 0 Å². The molecule has 3 rings (SSSR count). The minimum absolute atomic E-state index is 0.163. The van der Waals surface area contributed by atoms with Crippen LogP contribution in [-0.2, 0) is 23.7 Å². The van der Waals surface area contributed by atoms with E-state index in [4.69, 9.17) is 18.9 Å². The van der Waals surface area contributed by atoms with Gasteiger partial charge in [0.05, 0.1) is 13.2 Å². The first kappa shape index (κ1) is 14.2. The number of ketones is 1. The van der Waals surface area contributed by atoms with Crippen molar-refractivity contribution in [3.8, 4) is 0 Å². The third-order valence-electron chi connectivity index (χ3n) is 3.75.